The largest absolute Gasteiger partial charge is 0.270 e. The number of benzene rings is 1. The van der Waals surface area contributed by atoms with Crippen LogP contribution in [0.2, 0.25) is 5.02 Å². The molecule has 7 nitrogen and oxygen atoms in total. The number of halogens is 1. The van der Waals surface area contributed by atoms with Gasteiger partial charge in [-0.1, -0.05) is 18.5 Å². The molecule has 0 heterocycles. The molecule has 0 aliphatic carbocycles. The maximum absolute atomic E-state index is 12.2. The Kier molecular flexibility index (Phi) is 4.83. The number of sulfonamides is 1. The molecule has 0 aliphatic rings. The van der Waals surface area contributed by atoms with Crippen LogP contribution in [-0.2, 0) is 10.0 Å². The van der Waals surface area contributed by atoms with E-state index in [9.17, 15) is 18.5 Å². The van der Waals surface area contributed by atoms with Gasteiger partial charge in [0, 0.05) is 18.7 Å². The average molecular weight is 304 g/mol. The predicted molar refractivity (Wildman–Crippen MR) is 68.2 cm³/mol. The Labute approximate surface area is 115 Å². The van der Waals surface area contributed by atoms with Gasteiger partial charge in [-0.3, -0.25) is 10.1 Å². The van der Waals surface area contributed by atoms with Gasteiger partial charge < -0.3 is 0 Å². The molecular formula is C10H10ClN3O4S. The van der Waals surface area contributed by atoms with Crippen molar-refractivity contribution in [1.29, 1.82) is 5.26 Å². The molecule has 0 spiro atoms. The van der Waals surface area contributed by atoms with Crippen LogP contribution in [0.4, 0.5) is 5.69 Å². The number of non-ortho nitro benzene ring substituents is 1. The molecule has 0 bridgehead atoms. The van der Waals surface area contributed by atoms with Crippen LogP contribution in [0, 0.1) is 21.4 Å². The molecule has 0 aliphatic heterocycles. The summed E-state index contributed by atoms with van der Waals surface area (Å²) >= 11 is 5.78. The highest BCUT2D eigenvalue weighted by molar-refractivity contribution is 7.89. The smallest absolute Gasteiger partial charge is 0.258 e. The summed E-state index contributed by atoms with van der Waals surface area (Å²) in [6, 6.07) is 4.87. The number of nitro benzene ring substituents is 1. The summed E-state index contributed by atoms with van der Waals surface area (Å²) in [5.41, 5.74) is -0.379. The first-order valence-corrected chi connectivity index (χ1v) is 6.97. The molecule has 1 aromatic carbocycles. The molecule has 19 heavy (non-hydrogen) atoms. The molecule has 0 radical (unpaired) electrons. The van der Waals surface area contributed by atoms with Crippen molar-refractivity contribution in [3.8, 4) is 6.07 Å². The molecule has 0 saturated heterocycles. The third-order valence-corrected chi connectivity index (χ3v) is 4.75. The number of nitrogens with zero attached hydrogens (tertiary/aromatic N) is 3. The Hall–Kier alpha value is -1.69. The predicted octanol–water partition coefficient (Wildman–Crippen LogP) is 1.78. The van der Waals surface area contributed by atoms with E-state index in [2.05, 4.69) is 0 Å². The van der Waals surface area contributed by atoms with Crippen LogP contribution in [0.1, 0.15) is 6.92 Å². The van der Waals surface area contributed by atoms with E-state index in [1.54, 1.807) is 13.0 Å². The van der Waals surface area contributed by atoms with Gasteiger partial charge in [0.05, 0.1) is 16.0 Å². The second-order valence-corrected chi connectivity index (χ2v) is 5.77. The summed E-state index contributed by atoms with van der Waals surface area (Å²) in [5.74, 6) is 0. The monoisotopic (exact) mass is 303 g/mol. The number of hydrogen-bond donors (Lipinski definition) is 0. The topological polar surface area (TPSA) is 104 Å². The van der Waals surface area contributed by atoms with Crippen molar-refractivity contribution in [2.45, 2.75) is 11.8 Å². The van der Waals surface area contributed by atoms with E-state index >= 15 is 0 Å². The number of nitriles is 1. The SMILES string of the molecule is CCN(CC#N)S(=O)(=O)c1cc([N+](=O)[O-])ccc1Cl. The minimum absolute atomic E-state index is 0.0644. The minimum atomic E-state index is -4.03. The Morgan fingerprint density at radius 2 is 2.16 bits per heavy atom. The summed E-state index contributed by atoms with van der Waals surface area (Å²) in [7, 11) is -4.03. The molecule has 0 N–H and O–H groups in total. The van der Waals surface area contributed by atoms with Gasteiger partial charge in [0.1, 0.15) is 11.4 Å². The molecule has 0 amide bonds. The van der Waals surface area contributed by atoms with E-state index in [1.807, 2.05) is 0 Å². The molecule has 0 unspecified atom stereocenters. The first-order chi connectivity index (χ1) is 8.84. The molecule has 102 valence electrons. The normalized spacial score (nSPS) is 11.3. The maximum Gasteiger partial charge on any atom is 0.270 e. The summed E-state index contributed by atoms with van der Waals surface area (Å²) in [5, 5.41) is 19.1. The van der Waals surface area contributed by atoms with Crippen LogP contribution in [-0.4, -0.2) is 30.7 Å². The van der Waals surface area contributed by atoms with Gasteiger partial charge in [0.2, 0.25) is 10.0 Å². The zero-order chi connectivity index (χ0) is 14.6. The molecule has 0 aromatic heterocycles. The minimum Gasteiger partial charge on any atom is -0.258 e. The fraction of sp³-hybridized carbons (Fsp3) is 0.300. The van der Waals surface area contributed by atoms with Crippen molar-refractivity contribution in [2.75, 3.05) is 13.1 Å². The molecule has 0 fully saturated rings. The van der Waals surface area contributed by atoms with Crippen molar-refractivity contribution in [3.05, 3.63) is 33.3 Å². The second kappa shape index (κ2) is 5.97. The van der Waals surface area contributed by atoms with Gasteiger partial charge in [-0.2, -0.15) is 9.57 Å². The van der Waals surface area contributed by atoms with E-state index in [4.69, 9.17) is 16.9 Å². The number of nitro groups is 1. The Balaban J connectivity index is 3.39. The van der Waals surface area contributed by atoms with Gasteiger partial charge >= 0.3 is 0 Å². The highest BCUT2D eigenvalue weighted by atomic mass is 35.5. The molecule has 1 rings (SSSR count). The van der Waals surface area contributed by atoms with Crippen LogP contribution < -0.4 is 0 Å². The highest BCUT2D eigenvalue weighted by Gasteiger charge is 2.27. The standard InChI is InChI=1S/C10H10ClN3O4S/c1-2-13(6-5-12)19(17,18)10-7-8(14(15)16)3-4-9(10)11/h3-4,7H,2,6H2,1H3. The second-order valence-electron chi connectivity index (χ2n) is 3.46. The molecule has 1 aromatic rings. The van der Waals surface area contributed by atoms with E-state index in [1.165, 1.54) is 0 Å². The fourth-order valence-corrected chi connectivity index (χ4v) is 3.23. The van der Waals surface area contributed by atoms with Gasteiger partial charge in [-0.05, 0) is 6.07 Å². The third kappa shape index (κ3) is 3.20. The Bertz CT molecular complexity index is 639. The summed E-state index contributed by atoms with van der Waals surface area (Å²) in [6.45, 7) is 1.27. The molecule has 0 atom stereocenters. The third-order valence-electron chi connectivity index (χ3n) is 2.34. The van der Waals surface area contributed by atoms with E-state index in [0.717, 1.165) is 22.5 Å². The highest BCUT2D eigenvalue weighted by Crippen LogP contribution is 2.28. The van der Waals surface area contributed by atoms with Crippen LogP contribution in [0.3, 0.4) is 0 Å². The zero-order valence-corrected chi connectivity index (χ0v) is 11.5. The van der Waals surface area contributed by atoms with Crippen molar-refractivity contribution < 1.29 is 13.3 Å². The van der Waals surface area contributed by atoms with Crippen LogP contribution >= 0.6 is 11.6 Å². The lowest BCUT2D eigenvalue weighted by Gasteiger charge is -2.17. The number of rotatable bonds is 5. The van der Waals surface area contributed by atoms with E-state index in [0.29, 0.717) is 0 Å². The molecule has 9 heteroatoms. The lowest BCUT2D eigenvalue weighted by molar-refractivity contribution is -0.385. The maximum atomic E-state index is 12.2. The van der Waals surface area contributed by atoms with Gasteiger partial charge in [0.25, 0.3) is 5.69 Å². The van der Waals surface area contributed by atoms with E-state index < -0.39 is 14.9 Å². The van der Waals surface area contributed by atoms with Crippen LogP contribution in [0.25, 0.3) is 0 Å². The molecule has 0 saturated carbocycles. The van der Waals surface area contributed by atoms with Crippen molar-refractivity contribution >= 4 is 27.3 Å². The molecular weight excluding hydrogens is 294 g/mol. The first kappa shape index (κ1) is 15.4. The average Bonchev–Trinajstić information content (AvgIpc) is 2.35. The lowest BCUT2D eigenvalue weighted by Crippen LogP contribution is -2.31. The van der Waals surface area contributed by atoms with Crippen LogP contribution in [0.15, 0.2) is 23.1 Å². The summed E-state index contributed by atoms with van der Waals surface area (Å²) < 4.78 is 25.3. The van der Waals surface area contributed by atoms with E-state index in [-0.39, 0.29) is 28.7 Å². The Morgan fingerprint density at radius 3 is 2.63 bits per heavy atom. The van der Waals surface area contributed by atoms with Crippen molar-refractivity contribution in [3.63, 3.8) is 0 Å². The number of hydrogen-bond acceptors (Lipinski definition) is 5. The lowest BCUT2D eigenvalue weighted by atomic mass is 10.3. The van der Waals surface area contributed by atoms with Crippen molar-refractivity contribution in [2.24, 2.45) is 0 Å². The summed E-state index contributed by atoms with van der Waals surface area (Å²) in [6.07, 6.45) is 0. The first-order valence-electron chi connectivity index (χ1n) is 5.15. The Morgan fingerprint density at radius 1 is 1.53 bits per heavy atom. The van der Waals surface area contributed by atoms with Gasteiger partial charge in [-0.15, -0.1) is 0 Å². The van der Waals surface area contributed by atoms with Crippen LogP contribution in [0.5, 0.6) is 0 Å². The zero-order valence-electron chi connectivity index (χ0n) is 9.91. The van der Waals surface area contributed by atoms with Gasteiger partial charge in [0.15, 0.2) is 0 Å². The summed E-state index contributed by atoms with van der Waals surface area (Å²) in [4.78, 5) is 9.57. The van der Waals surface area contributed by atoms with Gasteiger partial charge in [-0.25, -0.2) is 8.42 Å². The fourth-order valence-electron chi connectivity index (χ4n) is 1.39. The van der Waals surface area contributed by atoms with Crippen molar-refractivity contribution in [1.82, 2.24) is 4.31 Å². The quantitative estimate of drug-likeness (QED) is 0.468.